The topological polar surface area (TPSA) is 86.8 Å². The van der Waals surface area contributed by atoms with Gasteiger partial charge in [0.15, 0.2) is 12.0 Å². The highest BCUT2D eigenvalue weighted by molar-refractivity contribution is 6.32. The van der Waals surface area contributed by atoms with Crippen LogP contribution in [-0.2, 0) is 16.1 Å². The summed E-state index contributed by atoms with van der Waals surface area (Å²) in [4.78, 5) is 33.6. The summed E-state index contributed by atoms with van der Waals surface area (Å²) in [7, 11) is 0. The van der Waals surface area contributed by atoms with Gasteiger partial charge in [0.2, 0.25) is 0 Å². The molecule has 160 valence electrons. The van der Waals surface area contributed by atoms with Crippen molar-refractivity contribution in [2.75, 3.05) is 36.4 Å². The quantitative estimate of drug-likeness (QED) is 0.760. The Kier molecular flexibility index (Phi) is 5.25. The Hall–Kier alpha value is -3.10. The first-order valence-corrected chi connectivity index (χ1v) is 10.7. The number of benzene rings is 1. The fraction of sp³-hybridized carbons (Fsp3) is 0.318. The minimum absolute atomic E-state index is 0.134. The predicted octanol–water partition coefficient (Wildman–Crippen LogP) is 2.37. The first-order chi connectivity index (χ1) is 15.1. The van der Waals surface area contributed by atoms with E-state index in [4.69, 9.17) is 16.3 Å². The number of hydrogen-bond donors (Lipinski definition) is 2. The molecule has 0 bridgehead atoms. The number of anilines is 2. The summed E-state index contributed by atoms with van der Waals surface area (Å²) in [5, 5.41) is 6.80. The second kappa shape index (κ2) is 8.20. The van der Waals surface area contributed by atoms with Gasteiger partial charge < -0.3 is 20.3 Å². The van der Waals surface area contributed by atoms with Gasteiger partial charge in [-0.2, -0.15) is 0 Å². The van der Waals surface area contributed by atoms with Crippen LogP contribution in [-0.4, -0.2) is 54.1 Å². The van der Waals surface area contributed by atoms with Crippen molar-refractivity contribution >= 4 is 34.8 Å². The number of piperazine rings is 1. The number of rotatable bonds is 4. The monoisotopic (exact) mass is 439 g/mol. The number of hydrogen-bond acceptors (Lipinski definition) is 6. The molecule has 3 aliphatic heterocycles. The molecular formula is C22H22ClN5O3. The number of carbonyl (C=O) groups excluding carboxylic acids is 2. The van der Waals surface area contributed by atoms with Crippen molar-refractivity contribution in [1.29, 1.82) is 0 Å². The molecule has 8 nitrogen and oxygen atoms in total. The lowest BCUT2D eigenvalue weighted by Crippen LogP contribution is -2.43. The molecule has 0 spiro atoms. The Balaban J connectivity index is 1.26. The van der Waals surface area contributed by atoms with Crippen molar-refractivity contribution in [3.63, 3.8) is 0 Å². The van der Waals surface area contributed by atoms with Gasteiger partial charge in [-0.25, -0.2) is 0 Å². The zero-order chi connectivity index (χ0) is 21.4. The highest BCUT2D eigenvalue weighted by Gasteiger charge is 2.37. The molecule has 9 heteroatoms. The van der Waals surface area contributed by atoms with Crippen LogP contribution in [0.4, 0.5) is 11.4 Å². The minimum Gasteiger partial charge on any atom is -0.465 e. The fourth-order valence-corrected chi connectivity index (χ4v) is 4.42. The molecular weight excluding hydrogens is 418 g/mol. The van der Waals surface area contributed by atoms with Gasteiger partial charge in [-0.1, -0.05) is 17.7 Å². The van der Waals surface area contributed by atoms with E-state index in [1.54, 1.807) is 41.6 Å². The van der Waals surface area contributed by atoms with Crippen LogP contribution in [0.15, 0.2) is 48.5 Å². The SMILES string of the molecule is O=C(Nc1cnccc1N1CCNCC1)C1=CCC(N2Cc3c(Cl)cccc3C2=O)O1. The smallest absolute Gasteiger partial charge is 0.290 e. The highest BCUT2D eigenvalue weighted by atomic mass is 35.5. The van der Waals surface area contributed by atoms with Gasteiger partial charge in [-0.15, -0.1) is 0 Å². The van der Waals surface area contributed by atoms with Crippen molar-refractivity contribution in [3.05, 3.63) is 64.6 Å². The molecule has 2 aromatic rings. The Morgan fingerprint density at radius 2 is 2.10 bits per heavy atom. The summed E-state index contributed by atoms with van der Waals surface area (Å²) in [6.07, 6.45) is 5.00. The average molecular weight is 440 g/mol. The Bertz CT molecular complexity index is 1070. The van der Waals surface area contributed by atoms with Gasteiger partial charge in [0.1, 0.15) is 0 Å². The van der Waals surface area contributed by atoms with Crippen LogP contribution in [0.1, 0.15) is 22.3 Å². The molecule has 1 aromatic heterocycles. The van der Waals surface area contributed by atoms with Crippen LogP contribution < -0.4 is 15.5 Å². The van der Waals surface area contributed by atoms with E-state index in [1.165, 1.54) is 0 Å². The summed E-state index contributed by atoms with van der Waals surface area (Å²) in [6.45, 7) is 3.86. The predicted molar refractivity (Wildman–Crippen MR) is 117 cm³/mol. The van der Waals surface area contributed by atoms with Gasteiger partial charge in [0.05, 0.1) is 24.1 Å². The van der Waals surface area contributed by atoms with E-state index in [9.17, 15) is 9.59 Å². The maximum Gasteiger partial charge on any atom is 0.290 e. The second-order valence-electron chi connectivity index (χ2n) is 7.66. The number of ether oxygens (including phenoxy) is 1. The largest absolute Gasteiger partial charge is 0.465 e. The summed E-state index contributed by atoms with van der Waals surface area (Å²) in [5.74, 6) is -0.283. The molecule has 1 atom stereocenters. The van der Waals surface area contributed by atoms with E-state index >= 15 is 0 Å². The van der Waals surface area contributed by atoms with Crippen LogP contribution in [0.2, 0.25) is 5.02 Å². The van der Waals surface area contributed by atoms with Crippen molar-refractivity contribution in [1.82, 2.24) is 15.2 Å². The molecule has 1 unspecified atom stereocenters. The summed E-state index contributed by atoms with van der Waals surface area (Å²) in [5.41, 5.74) is 2.95. The van der Waals surface area contributed by atoms with Crippen LogP contribution in [0, 0.1) is 0 Å². The first-order valence-electron chi connectivity index (χ1n) is 10.3. The van der Waals surface area contributed by atoms with E-state index in [2.05, 4.69) is 20.5 Å². The molecule has 4 heterocycles. The third-order valence-electron chi connectivity index (χ3n) is 5.78. The average Bonchev–Trinajstić information content (AvgIpc) is 3.41. The summed E-state index contributed by atoms with van der Waals surface area (Å²) < 4.78 is 5.87. The van der Waals surface area contributed by atoms with E-state index < -0.39 is 6.23 Å². The molecule has 0 radical (unpaired) electrons. The second-order valence-corrected chi connectivity index (χ2v) is 8.07. The maximum atomic E-state index is 12.9. The van der Waals surface area contributed by atoms with Gasteiger partial charge in [-0.3, -0.25) is 19.5 Å². The highest BCUT2D eigenvalue weighted by Crippen LogP contribution is 2.34. The number of fused-ring (bicyclic) bond motifs is 1. The first kappa shape index (κ1) is 19.8. The Morgan fingerprint density at radius 1 is 1.26 bits per heavy atom. The van der Waals surface area contributed by atoms with Crippen LogP contribution >= 0.6 is 11.6 Å². The number of nitrogens with one attached hydrogen (secondary N) is 2. The normalized spacial score (nSPS) is 20.4. The molecule has 3 aliphatic rings. The van der Waals surface area contributed by atoms with E-state index in [-0.39, 0.29) is 17.6 Å². The van der Waals surface area contributed by atoms with Gasteiger partial charge in [0, 0.05) is 54.9 Å². The van der Waals surface area contributed by atoms with Gasteiger partial charge in [0.25, 0.3) is 11.8 Å². The van der Waals surface area contributed by atoms with E-state index in [0.717, 1.165) is 37.4 Å². The maximum absolute atomic E-state index is 12.9. The third kappa shape index (κ3) is 3.73. The number of pyridine rings is 1. The van der Waals surface area contributed by atoms with E-state index in [0.29, 0.717) is 29.2 Å². The number of nitrogens with zero attached hydrogens (tertiary/aromatic N) is 3. The molecule has 1 aromatic carbocycles. The molecule has 31 heavy (non-hydrogen) atoms. The zero-order valence-corrected chi connectivity index (χ0v) is 17.6. The van der Waals surface area contributed by atoms with Crippen LogP contribution in [0.25, 0.3) is 0 Å². The molecule has 0 aliphatic carbocycles. The lowest BCUT2D eigenvalue weighted by molar-refractivity contribution is -0.117. The third-order valence-corrected chi connectivity index (χ3v) is 6.14. The summed E-state index contributed by atoms with van der Waals surface area (Å²) >= 11 is 6.24. The zero-order valence-electron chi connectivity index (χ0n) is 16.8. The molecule has 2 amide bonds. The molecule has 5 rings (SSSR count). The fourth-order valence-electron chi connectivity index (χ4n) is 4.19. The number of aromatic nitrogens is 1. The van der Waals surface area contributed by atoms with Crippen LogP contribution in [0.3, 0.4) is 0 Å². The Labute approximate surface area is 184 Å². The molecule has 0 saturated carbocycles. The van der Waals surface area contributed by atoms with Crippen LogP contribution in [0.5, 0.6) is 0 Å². The van der Waals surface area contributed by atoms with Crippen molar-refractivity contribution in [2.24, 2.45) is 0 Å². The lowest BCUT2D eigenvalue weighted by Gasteiger charge is -2.30. The van der Waals surface area contributed by atoms with E-state index in [1.807, 2.05) is 6.07 Å². The Morgan fingerprint density at radius 3 is 2.90 bits per heavy atom. The number of halogens is 1. The van der Waals surface area contributed by atoms with Crippen molar-refractivity contribution in [3.8, 4) is 0 Å². The van der Waals surface area contributed by atoms with Gasteiger partial charge >= 0.3 is 0 Å². The molecule has 1 fully saturated rings. The standard InChI is InChI=1S/C22H22ClN5O3/c23-16-3-1-2-14-15(16)13-28(22(14)30)20-5-4-19(31-20)21(29)26-17-12-25-7-6-18(17)27-10-8-24-9-11-27/h1-4,6-7,12,20,24H,5,8-11,13H2,(H,26,29). The molecule has 2 N–H and O–H groups in total. The molecule has 1 saturated heterocycles. The number of carbonyl (C=O) groups is 2. The number of amides is 2. The minimum atomic E-state index is -0.529. The lowest BCUT2D eigenvalue weighted by atomic mass is 10.1. The van der Waals surface area contributed by atoms with Gasteiger partial charge in [-0.05, 0) is 24.3 Å². The van der Waals surface area contributed by atoms with Crippen molar-refractivity contribution < 1.29 is 14.3 Å². The van der Waals surface area contributed by atoms with Crippen molar-refractivity contribution in [2.45, 2.75) is 19.2 Å². The summed E-state index contributed by atoms with van der Waals surface area (Å²) in [6, 6.07) is 7.20.